The van der Waals surface area contributed by atoms with Gasteiger partial charge in [0.15, 0.2) is 0 Å². The molecule has 1 N–H and O–H groups in total. The molecule has 1 heterocycles. The van der Waals surface area contributed by atoms with E-state index in [1.807, 2.05) is 79.1 Å². The van der Waals surface area contributed by atoms with E-state index in [1.165, 1.54) is 0 Å². The first-order valence-corrected chi connectivity index (χ1v) is 19.7. The van der Waals surface area contributed by atoms with Gasteiger partial charge in [0.05, 0.1) is 12.5 Å². The van der Waals surface area contributed by atoms with Gasteiger partial charge in [0, 0.05) is 38.8 Å². The number of hydrogen-bond acceptors (Lipinski definition) is 7. The molecule has 300 valence electrons. The van der Waals surface area contributed by atoms with Crippen molar-refractivity contribution < 1.29 is 33.4 Å². The van der Waals surface area contributed by atoms with Crippen LogP contribution in [0, 0.1) is 5.92 Å². The number of alkyl carbamates (subject to hydrolysis) is 1. The Bertz CT molecular complexity index is 1720. The van der Waals surface area contributed by atoms with Crippen molar-refractivity contribution in [1.29, 1.82) is 0 Å². The van der Waals surface area contributed by atoms with Crippen LogP contribution in [0.5, 0.6) is 0 Å². The predicted molar refractivity (Wildman–Crippen MR) is 216 cm³/mol. The summed E-state index contributed by atoms with van der Waals surface area (Å²) in [5, 5.41) is 4.95. The van der Waals surface area contributed by atoms with E-state index in [4.69, 9.17) is 14.2 Å². The largest absolute Gasteiger partial charge is 0.445 e. The number of carbonyl (C=O) groups is 4. The van der Waals surface area contributed by atoms with E-state index in [-0.39, 0.29) is 44.1 Å². The van der Waals surface area contributed by atoms with E-state index in [2.05, 4.69) is 43.4 Å². The van der Waals surface area contributed by atoms with Crippen LogP contribution in [0.15, 0.2) is 72.8 Å². The van der Waals surface area contributed by atoms with Crippen LogP contribution >= 0.6 is 0 Å². The number of ether oxygens (including phenoxy) is 3. The van der Waals surface area contributed by atoms with Crippen LogP contribution in [-0.2, 0) is 32.0 Å². The van der Waals surface area contributed by atoms with E-state index in [1.54, 1.807) is 25.7 Å². The van der Waals surface area contributed by atoms with Gasteiger partial charge in [-0.2, -0.15) is 0 Å². The Morgan fingerprint density at radius 1 is 0.764 bits per heavy atom. The molecule has 55 heavy (non-hydrogen) atoms. The van der Waals surface area contributed by atoms with Crippen LogP contribution in [0.2, 0.25) is 0 Å². The first-order valence-electron chi connectivity index (χ1n) is 19.7. The Morgan fingerprint density at radius 3 is 2.09 bits per heavy atom. The molecule has 1 fully saturated rings. The lowest BCUT2D eigenvalue weighted by Gasteiger charge is -2.46. The van der Waals surface area contributed by atoms with Crippen LogP contribution in [-0.4, -0.2) is 94.9 Å². The smallest absolute Gasteiger partial charge is 0.410 e. The molecule has 0 radical (unpaired) electrons. The normalized spacial score (nSPS) is 16.2. The second-order valence-electron chi connectivity index (χ2n) is 16.9. The zero-order chi connectivity index (χ0) is 40.2. The first kappa shape index (κ1) is 42.9. The Balaban J connectivity index is 1.48. The van der Waals surface area contributed by atoms with Crippen molar-refractivity contribution in [3.8, 4) is 0 Å². The summed E-state index contributed by atoms with van der Waals surface area (Å²) < 4.78 is 16.9. The number of amides is 4. The third-order valence-corrected chi connectivity index (χ3v) is 9.29. The molecule has 1 aliphatic rings. The standard InChI is InChI=1S/C44H62N4O7/c1-32(2)26-38-30-48(42(52)53-31-33-16-10-9-11-17-33)37(29-47(38)39(49)28-34-21-22-35-18-12-13-19-36(35)27-34)20-14-15-24-46(41(51)55-44(6,7)8)25-23-45-40(50)54-43(3,4)5/h9-13,16-19,21-22,27,32,37-38H,14-15,20,23-26,28-31H2,1-8H3,(H,45,50)/t37-,38+/m0/s1. The summed E-state index contributed by atoms with van der Waals surface area (Å²) in [6.45, 7) is 16.8. The van der Waals surface area contributed by atoms with Gasteiger partial charge in [-0.25, -0.2) is 14.4 Å². The van der Waals surface area contributed by atoms with Crippen LogP contribution in [0.4, 0.5) is 14.4 Å². The molecule has 2 atom stereocenters. The number of fused-ring (bicyclic) bond motifs is 1. The Hall–Kier alpha value is -4.80. The third-order valence-electron chi connectivity index (χ3n) is 9.29. The predicted octanol–water partition coefficient (Wildman–Crippen LogP) is 8.58. The van der Waals surface area contributed by atoms with Crippen molar-refractivity contribution in [3.05, 3.63) is 83.9 Å². The maximum atomic E-state index is 14.2. The molecule has 0 aromatic heterocycles. The van der Waals surface area contributed by atoms with Gasteiger partial charge in [0.1, 0.15) is 17.8 Å². The summed E-state index contributed by atoms with van der Waals surface area (Å²) in [6.07, 6.45) is 1.50. The number of benzene rings is 3. The summed E-state index contributed by atoms with van der Waals surface area (Å²) >= 11 is 0. The lowest BCUT2D eigenvalue weighted by Crippen LogP contribution is -2.61. The minimum absolute atomic E-state index is 0.0387. The van der Waals surface area contributed by atoms with E-state index >= 15 is 0 Å². The highest BCUT2D eigenvalue weighted by atomic mass is 16.6. The number of hydrogen-bond donors (Lipinski definition) is 1. The lowest BCUT2D eigenvalue weighted by molar-refractivity contribution is -0.137. The van der Waals surface area contributed by atoms with Gasteiger partial charge in [0.2, 0.25) is 5.91 Å². The average Bonchev–Trinajstić information content (AvgIpc) is 3.10. The van der Waals surface area contributed by atoms with Gasteiger partial charge in [-0.3, -0.25) is 4.79 Å². The topological polar surface area (TPSA) is 118 Å². The fourth-order valence-electron chi connectivity index (χ4n) is 6.81. The molecule has 3 aromatic rings. The highest BCUT2D eigenvalue weighted by Crippen LogP contribution is 2.27. The molecule has 1 saturated heterocycles. The minimum atomic E-state index is -0.688. The highest BCUT2D eigenvalue weighted by Gasteiger charge is 2.39. The van der Waals surface area contributed by atoms with Crippen LogP contribution in [0.3, 0.4) is 0 Å². The van der Waals surface area contributed by atoms with Crippen molar-refractivity contribution in [2.45, 2.75) is 117 Å². The molecule has 11 nitrogen and oxygen atoms in total. The molecule has 4 rings (SSSR count). The SMILES string of the molecule is CC(C)C[C@@H]1CN(C(=O)OCc2ccccc2)[C@@H](CCCCN(CCNC(=O)OC(C)(C)C)C(=O)OC(C)(C)C)CN1C(=O)Cc1ccc2ccccc2c1. The van der Waals surface area contributed by atoms with Crippen LogP contribution in [0.1, 0.15) is 92.2 Å². The second-order valence-corrected chi connectivity index (χ2v) is 16.9. The number of unbranched alkanes of at least 4 members (excludes halogenated alkanes) is 1. The number of piperazine rings is 1. The fraction of sp³-hybridized carbons (Fsp3) is 0.545. The van der Waals surface area contributed by atoms with Crippen LogP contribution in [0.25, 0.3) is 10.8 Å². The van der Waals surface area contributed by atoms with Gasteiger partial charge < -0.3 is 34.2 Å². The average molecular weight is 759 g/mol. The van der Waals surface area contributed by atoms with E-state index in [0.29, 0.717) is 44.8 Å². The summed E-state index contributed by atoms with van der Waals surface area (Å²) in [5.74, 6) is 0.347. The zero-order valence-corrected chi connectivity index (χ0v) is 34.1. The van der Waals surface area contributed by atoms with E-state index in [0.717, 1.165) is 28.3 Å². The van der Waals surface area contributed by atoms with Gasteiger partial charge in [0.25, 0.3) is 0 Å². The van der Waals surface area contributed by atoms with Gasteiger partial charge in [-0.1, -0.05) is 86.6 Å². The molecular weight excluding hydrogens is 697 g/mol. The Labute approximate surface area is 327 Å². The van der Waals surface area contributed by atoms with Crippen molar-refractivity contribution in [2.24, 2.45) is 5.92 Å². The summed E-state index contributed by atoms with van der Waals surface area (Å²) in [6, 6.07) is 23.5. The number of nitrogens with one attached hydrogen (secondary N) is 1. The second kappa shape index (κ2) is 19.7. The quantitative estimate of drug-likeness (QED) is 0.129. The number of rotatable bonds is 14. The van der Waals surface area contributed by atoms with Crippen molar-refractivity contribution >= 4 is 35.0 Å². The van der Waals surface area contributed by atoms with E-state index in [9.17, 15) is 19.2 Å². The fourth-order valence-corrected chi connectivity index (χ4v) is 6.81. The Kier molecular flexibility index (Phi) is 15.4. The number of carbonyl (C=O) groups excluding carboxylic acids is 4. The highest BCUT2D eigenvalue weighted by molar-refractivity contribution is 5.85. The molecule has 0 spiro atoms. The van der Waals surface area contributed by atoms with Crippen molar-refractivity contribution in [3.63, 3.8) is 0 Å². The maximum absolute atomic E-state index is 14.2. The maximum Gasteiger partial charge on any atom is 0.410 e. The Morgan fingerprint density at radius 2 is 1.42 bits per heavy atom. The molecule has 11 heteroatoms. The van der Waals surface area contributed by atoms with E-state index < -0.39 is 29.5 Å². The summed E-state index contributed by atoms with van der Waals surface area (Å²) in [7, 11) is 0. The molecule has 1 aliphatic heterocycles. The van der Waals surface area contributed by atoms with Gasteiger partial charge >= 0.3 is 18.3 Å². The monoisotopic (exact) mass is 758 g/mol. The molecule has 3 aromatic carbocycles. The minimum Gasteiger partial charge on any atom is -0.445 e. The molecule has 0 saturated carbocycles. The molecular formula is C44H62N4O7. The third kappa shape index (κ3) is 14.4. The summed E-state index contributed by atoms with van der Waals surface area (Å²) in [4.78, 5) is 58.8. The lowest BCUT2D eigenvalue weighted by atomic mass is 9.95. The molecule has 0 unspecified atom stereocenters. The molecule has 0 bridgehead atoms. The first-order chi connectivity index (χ1) is 26.0. The molecule has 0 aliphatic carbocycles. The van der Waals surface area contributed by atoms with Gasteiger partial charge in [-0.05, 0) is 95.0 Å². The van der Waals surface area contributed by atoms with Crippen LogP contribution < -0.4 is 5.32 Å². The van der Waals surface area contributed by atoms with Crippen molar-refractivity contribution in [1.82, 2.24) is 20.0 Å². The van der Waals surface area contributed by atoms with Crippen molar-refractivity contribution in [2.75, 3.05) is 32.7 Å². The summed E-state index contributed by atoms with van der Waals surface area (Å²) in [5.41, 5.74) is 0.531. The van der Waals surface area contributed by atoms with Gasteiger partial charge in [-0.15, -0.1) is 0 Å². The number of nitrogens with zero attached hydrogens (tertiary/aromatic N) is 3. The molecule has 4 amide bonds. The zero-order valence-electron chi connectivity index (χ0n) is 34.1.